The van der Waals surface area contributed by atoms with Gasteiger partial charge in [0.25, 0.3) is 0 Å². The molecule has 0 aromatic heterocycles. The number of anilines is 1. The highest BCUT2D eigenvalue weighted by atomic mass is 16.5. The Labute approximate surface area is 207 Å². The molecular formula is C27H39N3O5. The molecular weight excluding hydrogens is 446 g/mol. The Balaban J connectivity index is 1.79. The maximum absolute atomic E-state index is 14.1. The Morgan fingerprint density at radius 3 is 2.43 bits per heavy atom. The van der Waals surface area contributed by atoms with Crippen molar-refractivity contribution in [3.05, 3.63) is 29.3 Å². The zero-order valence-corrected chi connectivity index (χ0v) is 21.7. The van der Waals surface area contributed by atoms with Gasteiger partial charge in [0.15, 0.2) is 0 Å². The summed E-state index contributed by atoms with van der Waals surface area (Å²) in [5, 5.41) is 16.3. The van der Waals surface area contributed by atoms with Crippen molar-refractivity contribution < 1.29 is 24.2 Å². The van der Waals surface area contributed by atoms with Crippen LogP contribution in [0.2, 0.25) is 0 Å². The molecule has 3 heterocycles. The summed E-state index contributed by atoms with van der Waals surface area (Å²) in [6.45, 7) is 11.8. The van der Waals surface area contributed by atoms with E-state index in [1.54, 1.807) is 0 Å². The van der Waals surface area contributed by atoms with Crippen LogP contribution in [-0.4, -0.2) is 64.2 Å². The van der Waals surface area contributed by atoms with Crippen molar-refractivity contribution in [3.63, 3.8) is 0 Å². The Kier molecular flexibility index (Phi) is 6.74. The second-order valence-electron chi connectivity index (χ2n) is 11.0. The Hall–Kier alpha value is -2.45. The molecule has 3 amide bonds. The van der Waals surface area contributed by atoms with Crippen molar-refractivity contribution >= 4 is 23.4 Å². The van der Waals surface area contributed by atoms with Gasteiger partial charge in [0, 0.05) is 12.2 Å². The molecule has 4 rings (SSSR count). The zero-order chi connectivity index (χ0) is 25.7. The number of ether oxygens (including phenoxy) is 1. The minimum atomic E-state index is -1.11. The highest BCUT2D eigenvalue weighted by Gasteiger charge is 2.78. The van der Waals surface area contributed by atoms with Crippen LogP contribution in [0.15, 0.2) is 18.2 Å². The lowest BCUT2D eigenvalue weighted by Gasteiger charge is -2.38. The number of hydrogen-bond donors (Lipinski definition) is 3. The summed E-state index contributed by atoms with van der Waals surface area (Å²) in [5.74, 6) is -2.34. The third-order valence-electron chi connectivity index (χ3n) is 8.34. The zero-order valence-electron chi connectivity index (χ0n) is 21.7. The van der Waals surface area contributed by atoms with Crippen LogP contribution < -0.4 is 10.6 Å². The SMILES string of the molecule is CCCNC(=O)[C@@H]1[C@H]2C(=O)N([C@@H](CO)C(C)C)C(C(=O)Nc3c(C)cccc3C)C23CC[C@@]1(C)O3. The standard InChI is InChI=1S/C27H39N3O5/c1-7-13-28-23(32)19-20-25(34)30(18(14-31)15(2)3)22(27(20)12-11-26(19,6)35-27)24(33)29-21-16(4)9-8-10-17(21)5/h8-10,15,18-20,22,31H,7,11-14H2,1-6H3,(H,28,32)(H,29,33)/t18-,19-,20-,22?,26+,27?/m0/s1. The number of rotatable bonds is 8. The van der Waals surface area contributed by atoms with Crippen LogP contribution in [0.3, 0.4) is 0 Å². The number of aliphatic hydroxyl groups is 1. The molecule has 1 spiro atoms. The van der Waals surface area contributed by atoms with E-state index in [-0.39, 0.29) is 30.2 Å². The molecule has 3 aliphatic rings. The topological polar surface area (TPSA) is 108 Å². The summed E-state index contributed by atoms with van der Waals surface area (Å²) >= 11 is 0. The normalized spacial score (nSPS) is 32.2. The second kappa shape index (κ2) is 9.21. The molecule has 8 nitrogen and oxygen atoms in total. The number of hydrogen-bond acceptors (Lipinski definition) is 5. The summed E-state index contributed by atoms with van der Waals surface area (Å²) in [6, 6.07) is 4.29. The number of nitrogens with one attached hydrogen (secondary N) is 2. The molecule has 3 saturated heterocycles. The van der Waals surface area contributed by atoms with E-state index in [4.69, 9.17) is 4.74 Å². The van der Waals surface area contributed by atoms with Gasteiger partial charge >= 0.3 is 0 Å². The predicted octanol–water partition coefficient (Wildman–Crippen LogP) is 2.55. The molecule has 6 atom stereocenters. The fraction of sp³-hybridized carbons (Fsp3) is 0.667. The van der Waals surface area contributed by atoms with Crippen molar-refractivity contribution in [1.82, 2.24) is 10.2 Å². The number of nitrogens with zero attached hydrogens (tertiary/aromatic N) is 1. The van der Waals surface area contributed by atoms with Gasteiger partial charge in [0.05, 0.1) is 30.1 Å². The van der Waals surface area contributed by atoms with Crippen LogP contribution in [0.1, 0.15) is 58.1 Å². The molecule has 3 N–H and O–H groups in total. The van der Waals surface area contributed by atoms with E-state index in [0.717, 1.165) is 17.5 Å². The molecule has 0 radical (unpaired) electrons. The number of fused-ring (bicyclic) bond motifs is 1. The minimum absolute atomic E-state index is 0.0881. The Bertz CT molecular complexity index is 1010. The molecule has 0 saturated carbocycles. The van der Waals surface area contributed by atoms with Gasteiger partial charge in [-0.3, -0.25) is 14.4 Å². The summed E-state index contributed by atoms with van der Waals surface area (Å²) in [7, 11) is 0. The fourth-order valence-electron chi connectivity index (χ4n) is 6.60. The number of likely N-dealkylation sites (tertiary alicyclic amines) is 1. The number of aliphatic hydroxyl groups excluding tert-OH is 1. The van der Waals surface area contributed by atoms with Gasteiger partial charge in [-0.2, -0.15) is 0 Å². The average molecular weight is 486 g/mol. The monoisotopic (exact) mass is 485 g/mol. The van der Waals surface area contributed by atoms with Gasteiger partial charge < -0.3 is 25.4 Å². The van der Waals surface area contributed by atoms with Gasteiger partial charge in [0.2, 0.25) is 17.7 Å². The Morgan fingerprint density at radius 2 is 1.86 bits per heavy atom. The lowest BCUT2D eigenvalue weighted by atomic mass is 9.66. The first-order valence-corrected chi connectivity index (χ1v) is 12.8. The number of aryl methyl sites for hydroxylation is 2. The van der Waals surface area contributed by atoms with Crippen LogP contribution in [0.5, 0.6) is 0 Å². The van der Waals surface area contributed by atoms with Crippen molar-refractivity contribution in [3.8, 4) is 0 Å². The third kappa shape index (κ3) is 3.85. The summed E-state index contributed by atoms with van der Waals surface area (Å²) in [6.07, 6.45) is 1.88. The van der Waals surface area contributed by atoms with Crippen LogP contribution in [0, 0.1) is 31.6 Å². The van der Waals surface area contributed by atoms with Crippen LogP contribution >= 0.6 is 0 Å². The molecule has 1 aromatic carbocycles. The molecule has 3 fully saturated rings. The van der Waals surface area contributed by atoms with Gasteiger partial charge in [-0.15, -0.1) is 0 Å². The highest BCUT2D eigenvalue weighted by Crippen LogP contribution is 2.63. The second-order valence-corrected chi connectivity index (χ2v) is 11.0. The number of benzene rings is 1. The van der Waals surface area contributed by atoms with E-state index in [0.29, 0.717) is 25.1 Å². The minimum Gasteiger partial charge on any atom is -0.394 e. The third-order valence-corrected chi connectivity index (χ3v) is 8.34. The van der Waals surface area contributed by atoms with Crippen molar-refractivity contribution in [2.24, 2.45) is 17.8 Å². The quantitative estimate of drug-likeness (QED) is 0.525. The predicted molar refractivity (Wildman–Crippen MR) is 133 cm³/mol. The van der Waals surface area contributed by atoms with Crippen molar-refractivity contribution in [2.45, 2.75) is 84.1 Å². The maximum Gasteiger partial charge on any atom is 0.250 e. The smallest absolute Gasteiger partial charge is 0.250 e. The molecule has 0 aliphatic carbocycles. The summed E-state index contributed by atoms with van der Waals surface area (Å²) in [5.41, 5.74) is 0.639. The van der Waals surface area contributed by atoms with E-state index in [1.165, 1.54) is 4.90 Å². The van der Waals surface area contributed by atoms with E-state index in [2.05, 4.69) is 10.6 Å². The van der Waals surface area contributed by atoms with Gasteiger partial charge in [0.1, 0.15) is 11.6 Å². The van der Waals surface area contributed by atoms with E-state index < -0.39 is 35.1 Å². The first kappa shape index (κ1) is 25.6. The first-order chi connectivity index (χ1) is 16.5. The molecule has 3 aliphatic heterocycles. The molecule has 1 aromatic rings. The lowest BCUT2D eigenvalue weighted by molar-refractivity contribution is -0.149. The van der Waals surface area contributed by atoms with Crippen LogP contribution in [0.25, 0.3) is 0 Å². The summed E-state index contributed by atoms with van der Waals surface area (Å²) < 4.78 is 6.63. The molecule has 8 heteroatoms. The fourth-order valence-corrected chi connectivity index (χ4v) is 6.60. The first-order valence-electron chi connectivity index (χ1n) is 12.8. The van der Waals surface area contributed by atoms with Crippen molar-refractivity contribution in [2.75, 3.05) is 18.5 Å². The summed E-state index contributed by atoms with van der Waals surface area (Å²) in [4.78, 5) is 43.0. The van der Waals surface area contributed by atoms with Gasteiger partial charge in [-0.25, -0.2) is 0 Å². The van der Waals surface area contributed by atoms with Crippen molar-refractivity contribution in [1.29, 1.82) is 0 Å². The number of carbonyl (C=O) groups excluding carboxylic acids is 3. The number of amides is 3. The highest BCUT2D eigenvalue weighted by molar-refractivity contribution is 6.04. The van der Waals surface area contributed by atoms with Gasteiger partial charge in [-0.1, -0.05) is 39.0 Å². The average Bonchev–Trinajstić information content (AvgIpc) is 3.36. The van der Waals surface area contributed by atoms with E-state index in [1.807, 2.05) is 59.7 Å². The molecule has 2 bridgehead atoms. The number of carbonyl (C=O) groups is 3. The van der Waals surface area contributed by atoms with Gasteiger partial charge in [-0.05, 0) is 57.1 Å². The largest absolute Gasteiger partial charge is 0.394 e. The van der Waals surface area contributed by atoms with Crippen LogP contribution in [0.4, 0.5) is 5.69 Å². The molecule has 192 valence electrons. The Morgan fingerprint density at radius 1 is 1.20 bits per heavy atom. The molecule has 35 heavy (non-hydrogen) atoms. The van der Waals surface area contributed by atoms with E-state index >= 15 is 0 Å². The van der Waals surface area contributed by atoms with E-state index in [9.17, 15) is 19.5 Å². The van der Waals surface area contributed by atoms with Crippen LogP contribution in [-0.2, 0) is 19.1 Å². The lowest BCUT2D eigenvalue weighted by Crippen LogP contribution is -2.57. The molecule has 2 unspecified atom stereocenters. The number of para-hydroxylation sites is 1. The maximum atomic E-state index is 14.1.